The third kappa shape index (κ3) is 32.7. The van der Waals surface area contributed by atoms with Crippen LogP contribution in [0.25, 0.3) is 0 Å². The van der Waals surface area contributed by atoms with Gasteiger partial charge in [-0.2, -0.15) is 0 Å². The third-order valence-corrected chi connectivity index (χ3v) is 25.6. The molecule has 0 N–H and O–H groups in total. The molecule has 0 aliphatic heterocycles. The van der Waals surface area contributed by atoms with E-state index in [1.54, 1.807) is 0 Å². The molecule has 540 valence electrons. The summed E-state index contributed by atoms with van der Waals surface area (Å²) in [5.74, 6) is 14.8. The van der Waals surface area contributed by atoms with Crippen LogP contribution in [0, 0.1) is 160 Å². The lowest BCUT2D eigenvalue weighted by atomic mass is 9.52. The Hall–Kier alpha value is 0. The molecule has 6 rings (SSSR count). The second-order valence-electron chi connectivity index (χ2n) is 45.3. The topological polar surface area (TPSA) is 0 Å². The van der Waals surface area contributed by atoms with Crippen LogP contribution in [0.2, 0.25) is 0 Å². The van der Waals surface area contributed by atoms with E-state index >= 15 is 0 Å². The van der Waals surface area contributed by atoms with Gasteiger partial charge in [0.2, 0.25) is 0 Å². The monoisotopic (exact) mass is 1250 g/mol. The predicted molar refractivity (Wildman–Crippen MR) is 415 cm³/mol. The standard InChI is InChI=1S/C19H38.C15H30.2C14H28.2C12H24.3CH4/c1-13-15(18(5,6)7)11-14(17(2,3)4)12-16(13)19(8,9)10;1-11-8-9-12(14(2,3)4)10-13(11)15(5,6)7;1-13(2,3)11-7-9-12(10-8-11)14(4,5)6;1-13(2,3)11-8-7-9-12(10-11)14(4,5)6;1-11(2,3)9-7-10(8-9)12(4,5)6;1-9-6-10(2)8-11(7-9)12(3,4)5;;;/h13-16H,11-12H2,1-10H3;11-13H,8-10H2,1-7H3;2*11-12H,7-10H2,1-6H3;9-10H,7-8H2,1-6H3;9-11H,6-8H2,1-5H3;3*1H4. The maximum atomic E-state index is 2.52. The smallest absolute Gasteiger partial charge is 0.0334 e. The van der Waals surface area contributed by atoms with Gasteiger partial charge in [0.05, 0.1) is 0 Å². The highest BCUT2D eigenvalue weighted by molar-refractivity contribution is 4.97. The summed E-state index contributed by atoms with van der Waals surface area (Å²) in [6, 6.07) is 0. The van der Waals surface area contributed by atoms with Crippen molar-refractivity contribution in [1.29, 1.82) is 0 Å². The van der Waals surface area contributed by atoms with E-state index in [0.717, 1.165) is 94.7 Å². The molecule has 0 aromatic heterocycles. The summed E-state index contributed by atoms with van der Waals surface area (Å²) < 4.78 is 0. The molecule has 6 fully saturated rings. The van der Waals surface area contributed by atoms with Gasteiger partial charge >= 0.3 is 0 Å². The van der Waals surface area contributed by atoms with E-state index in [1.165, 1.54) is 116 Å². The van der Waals surface area contributed by atoms with Crippen molar-refractivity contribution in [2.24, 2.45) is 160 Å². The Morgan fingerprint density at radius 3 is 0.629 bits per heavy atom. The number of rotatable bonds is 0. The van der Waals surface area contributed by atoms with Crippen molar-refractivity contribution in [3.63, 3.8) is 0 Å². The zero-order valence-corrected chi connectivity index (χ0v) is 68.0. The predicted octanol–water partition coefficient (Wildman–Crippen LogP) is 31.4. The Bertz CT molecular complexity index is 1740. The van der Waals surface area contributed by atoms with Gasteiger partial charge in [0, 0.05) is 0 Å². The first kappa shape index (κ1) is 93.2. The summed E-state index contributed by atoms with van der Waals surface area (Å²) in [5.41, 5.74) is 6.03. The van der Waals surface area contributed by atoms with Crippen LogP contribution in [0.3, 0.4) is 0 Å². The molecule has 0 bridgehead atoms. The van der Waals surface area contributed by atoms with Crippen LogP contribution in [0.5, 0.6) is 0 Å². The van der Waals surface area contributed by atoms with Crippen molar-refractivity contribution >= 4 is 0 Å². The maximum Gasteiger partial charge on any atom is -0.0334 e. The first-order chi connectivity index (χ1) is 37.9. The zero-order chi connectivity index (χ0) is 68.0. The second kappa shape index (κ2) is 35.0. The molecule has 0 aromatic rings. The summed E-state index contributed by atoms with van der Waals surface area (Å²) in [7, 11) is 0. The van der Waals surface area contributed by atoms with Gasteiger partial charge in [-0.3, -0.25) is 0 Å². The van der Waals surface area contributed by atoms with Gasteiger partial charge in [0.25, 0.3) is 0 Å². The summed E-state index contributed by atoms with van der Waals surface area (Å²) >= 11 is 0. The molecule has 9 unspecified atom stereocenters. The molecule has 0 nitrogen and oxygen atoms in total. The molecule has 0 heterocycles. The van der Waals surface area contributed by atoms with E-state index in [4.69, 9.17) is 0 Å². The first-order valence-corrected chi connectivity index (χ1v) is 37.9. The summed E-state index contributed by atoms with van der Waals surface area (Å²) in [4.78, 5) is 0. The van der Waals surface area contributed by atoms with Crippen molar-refractivity contribution in [3.8, 4) is 0 Å². The van der Waals surface area contributed by atoms with Gasteiger partial charge in [0.1, 0.15) is 0 Å². The summed E-state index contributed by atoms with van der Waals surface area (Å²) in [6.45, 7) is 96.5. The molecule has 6 aliphatic carbocycles. The Labute approximate surface area is 571 Å². The van der Waals surface area contributed by atoms with Crippen LogP contribution in [-0.2, 0) is 0 Å². The Balaban J connectivity index is -0.000000997. The van der Waals surface area contributed by atoms with Gasteiger partial charge in [0.15, 0.2) is 0 Å². The Morgan fingerprint density at radius 1 is 0.180 bits per heavy atom. The van der Waals surface area contributed by atoms with E-state index < -0.39 is 0 Å². The molecule has 0 amide bonds. The summed E-state index contributed by atoms with van der Waals surface area (Å²) in [6.07, 6.45) is 26.0. The molecule has 0 heteroatoms. The van der Waals surface area contributed by atoms with Crippen LogP contribution in [-0.4, -0.2) is 0 Å². The Kier molecular flexibility index (Phi) is 36.6. The lowest BCUT2D eigenvalue weighted by molar-refractivity contribution is -0.0366. The molecule has 0 spiro atoms. The zero-order valence-electron chi connectivity index (χ0n) is 68.0. The fraction of sp³-hybridized carbons (Fsp3) is 1.00. The minimum absolute atomic E-state index is 0. The van der Waals surface area contributed by atoms with Crippen LogP contribution < -0.4 is 0 Å². The second-order valence-corrected chi connectivity index (χ2v) is 45.3. The lowest BCUT2D eigenvalue weighted by Gasteiger charge is -2.53. The van der Waals surface area contributed by atoms with Crippen LogP contribution >= 0.6 is 0 Å². The highest BCUT2D eigenvalue weighted by Crippen LogP contribution is 2.56. The van der Waals surface area contributed by atoms with Crippen molar-refractivity contribution in [2.45, 2.75) is 415 Å². The van der Waals surface area contributed by atoms with Crippen molar-refractivity contribution in [2.75, 3.05) is 0 Å². The van der Waals surface area contributed by atoms with Crippen molar-refractivity contribution in [3.05, 3.63) is 0 Å². The molecule has 9 atom stereocenters. The molecular weight excluding hydrogens is 1070 g/mol. The van der Waals surface area contributed by atoms with Gasteiger partial charge < -0.3 is 0 Å². The number of hydrogen-bond donors (Lipinski definition) is 0. The van der Waals surface area contributed by atoms with Crippen LogP contribution in [0.4, 0.5) is 0 Å². The van der Waals surface area contributed by atoms with E-state index in [2.05, 4.69) is 277 Å². The third-order valence-electron chi connectivity index (χ3n) is 25.6. The average molecular weight is 1250 g/mol. The largest absolute Gasteiger partial charge is 0.0776 e. The van der Waals surface area contributed by atoms with E-state index in [0.29, 0.717) is 65.0 Å². The molecule has 6 saturated carbocycles. The van der Waals surface area contributed by atoms with E-state index in [9.17, 15) is 0 Å². The highest BCUT2D eigenvalue weighted by atomic mass is 14.5. The first-order valence-electron chi connectivity index (χ1n) is 37.9. The molecule has 89 heavy (non-hydrogen) atoms. The molecule has 0 aromatic carbocycles. The highest BCUT2D eigenvalue weighted by Gasteiger charge is 2.48. The van der Waals surface area contributed by atoms with Crippen molar-refractivity contribution in [1.82, 2.24) is 0 Å². The maximum absolute atomic E-state index is 2.52. The van der Waals surface area contributed by atoms with E-state index in [1.807, 2.05) is 0 Å². The minimum atomic E-state index is 0. The fourth-order valence-electron chi connectivity index (χ4n) is 18.0. The van der Waals surface area contributed by atoms with Gasteiger partial charge in [-0.15, -0.1) is 0 Å². The lowest BCUT2D eigenvalue weighted by Crippen LogP contribution is -2.45. The molecular formula is C89H184. The van der Waals surface area contributed by atoms with Gasteiger partial charge in [-0.05, 0) is 262 Å². The van der Waals surface area contributed by atoms with Crippen molar-refractivity contribution < 1.29 is 0 Å². The molecule has 0 radical (unpaired) electrons. The minimum Gasteiger partial charge on any atom is -0.0776 e. The quantitative estimate of drug-likeness (QED) is 0.227. The normalized spacial score (nSPS) is 32.1. The average Bonchev–Trinajstić information content (AvgIpc) is 3.25. The SMILES string of the molecule is C.C.C.CC(C)(C)C1CC(C(C)(C)C)C1.CC(C)(C)C1CCC(C(C)(C)C)CC1.CC(C)(C)C1CCCC(C(C)(C)C)C1.CC1C(C(C)(C)C)CC(C(C)(C)C)CC1C(C)(C)C.CC1CC(C)CC(C(C)(C)C)C1.CC1CCC(C(C)(C)C)CC1C(C)(C)C. The van der Waals surface area contributed by atoms with E-state index in [-0.39, 0.29) is 22.3 Å². The van der Waals surface area contributed by atoms with Crippen LogP contribution in [0.15, 0.2) is 0 Å². The molecule has 0 saturated heterocycles. The fourth-order valence-corrected chi connectivity index (χ4v) is 18.0. The van der Waals surface area contributed by atoms with Crippen LogP contribution in [0.1, 0.15) is 415 Å². The van der Waals surface area contributed by atoms with Gasteiger partial charge in [-0.1, -0.05) is 312 Å². The number of hydrogen-bond acceptors (Lipinski definition) is 0. The Morgan fingerprint density at radius 2 is 0.382 bits per heavy atom. The molecule has 6 aliphatic rings. The summed E-state index contributed by atoms with van der Waals surface area (Å²) in [5, 5.41) is 0. The van der Waals surface area contributed by atoms with Gasteiger partial charge in [-0.25, -0.2) is 0 Å².